The molecular weight excluding hydrogens is 1620 g/mol. The van der Waals surface area contributed by atoms with E-state index < -0.39 is 6.03 Å². The zero-order valence-corrected chi connectivity index (χ0v) is 75.4. The SMILES string of the molecule is CC(=O)Nc1cc(CCc2cnc(NC(=O)Cc3cc(C(C)(C)C)nn3C)s2)ccn1.CC(=O)Nc1cc(CCc2cnc(NC(=O)Nc3cc(C(C)(C)C)[nH]n3)s2)ccn1.Cn1nc(C(C)(C)C)cc1CC(=O)Nc1ncc(CCc2ccnc(N)c2)s1.Cn1nc(C(C)(C)C)cc1CC(=O)Nc1ncc(CCc2ccnc(NC(=O)C3CC3)c2)s1. The summed E-state index contributed by atoms with van der Waals surface area (Å²) in [4.78, 5) is 122. The number of carbonyl (C=O) groups excluding carboxylic acids is 7. The van der Waals surface area contributed by atoms with Crippen molar-refractivity contribution in [3.8, 4) is 0 Å². The first-order valence-corrected chi connectivity index (χ1v) is 43.3. The Morgan fingerprint density at radius 3 is 1.02 bits per heavy atom. The molecule has 1 saturated carbocycles. The second-order valence-electron chi connectivity index (χ2n) is 33.7. The molecule has 13 rings (SSSR count). The number of nitrogens with zero attached hydrogens (tertiary/aromatic N) is 15. The fraction of sp³-hybridized carbons (Fsp3) is 0.407. The van der Waals surface area contributed by atoms with Crippen molar-refractivity contribution >= 4 is 136 Å². The van der Waals surface area contributed by atoms with Crippen LogP contribution in [0.3, 0.4) is 0 Å². The van der Waals surface area contributed by atoms with Gasteiger partial charge in [0.05, 0.1) is 36.3 Å². The number of aryl methyl sites for hydroxylation is 11. The van der Waals surface area contributed by atoms with Crippen molar-refractivity contribution in [1.82, 2.24) is 79.4 Å². The molecule has 1 fully saturated rings. The summed E-state index contributed by atoms with van der Waals surface area (Å²) >= 11 is 5.86. The first-order chi connectivity index (χ1) is 57.7. The van der Waals surface area contributed by atoms with Gasteiger partial charge in [0.15, 0.2) is 26.3 Å². The number of anilines is 9. The number of amides is 8. The van der Waals surface area contributed by atoms with E-state index in [0.29, 0.717) is 49.6 Å². The Bertz CT molecular complexity index is 5600. The highest BCUT2D eigenvalue weighted by Gasteiger charge is 2.30. The molecule has 1 aliphatic rings. The molecule has 0 atom stereocenters. The van der Waals surface area contributed by atoms with E-state index in [1.807, 2.05) is 100 Å². The highest BCUT2D eigenvalue weighted by atomic mass is 32.1. The topological polar surface area (TPSA) is 427 Å². The van der Waals surface area contributed by atoms with Crippen LogP contribution in [0.25, 0.3) is 0 Å². The van der Waals surface area contributed by atoms with Gasteiger partial charge in [0.25, 0.3) is 0 Å². The molecule has 0 bridgehead atoms. The Labute approximate surface area is 726 Å². The van der Waals surface area contributed by atoms with Crippen LogP contribution in [0, 0.1) is 5.92 Å². The molecule has 11 N–H and O–H groups in total. The van der Waals surface area contributed by atoms with Crippen LogP contribution in [0.15, 0.2) is 122 Å². The molecule has 36 heteroatoms. The fourth-order valence-electron chi connectivity index (χ4n) is 11.8. The van der Waals surface area contributed by atoms with Gasteiger partial charge < -0.3 is 37.6 Å². The molecule has 1 aliphatic carbocycles. The lowest BCUT2D eigenvalue weighted by molar-refractivity contribution is -0.117. The van der Waals surface area contributed by atoms with E-state index in [1.165, 1.54) is 59.2 Å². The Morgan fingerprint density at radius 1 is 0.393 bits per heavy atom. The quantitative estimate of drug-likeness (QED) is 0.0229. The molecular formula is C86H109N25O7S4. The Hall–Kier alpha value is -12.2. The second-order valence-corrected chi connectivity index (χ2v) is 38.2. The minimum absolute atomic E-state index is 0.0455. The minimum atomic E-state index is -0.392. The van der Waals surface area contributed by atoms with E-state index in [2.05, 4.69) is 191 Å². The van der Waals surface area contributed by atoms with E-state index in [-0.39, 0.29) is 82.3 Å². The molecule has 0 saturated heterocycles. The molecule has 8 amide bonds. The van der Waals surface area contributed by atoms with Crippen molar-refractivity contribution in [2.45, 2.75) is 202 Å². The Morgan fingerprint density at radius 2 is 0.721 bits per heavy atom. The number of nitrogens with one attached hydrogen (secondary N) is 9. The third kappa shape index (κ3) is 29.6. The summed E-state index contributed by atoms with van der Waals surface area (Å²) in [5.74, 6) is 2.28. The first-order valence-electron chi connectivity index (χ1n) is 40.0. The van der Waals surface area contributed by atoms with Crippen LogP contribution < -0.4 is 48.3 Å². The number of aromatic nitrogens is 16. The van der Waals surface area contributed by atoms with Crippen LogP contribution in [-0.4, -0.2) is 121 Å². The lowest BCUT2D eigenvalue weighted by atomic mass is 9.92. The number of aromatic amines is 1. The summed E-state index contributed by atoms with van der Waals surface area (Å²) in [6.45, 7) is 28.0. The van der Waals surface area contributed by atoms with Crippen molar-refractivity contribution in [1.29, 1.82) is 0 Å². The van der Waals surface area contributed by atoms with Crippen molar-refractivity contribution in [3.63, 3.8) is 0 Å². The van der Waals surface area contributed by atoms with E-state index in [9.17, 15) is 33.6 Å². The number of pyridine rings is 4. The number of hydrogen-bond donors (Lipinski definition) is 10. The molecule has 12 aromatic heterocycles. The van der Waals surface area contributed by atoms with Crippen LogP contribution in [0.5, 0.6) is 0 Å². The number of rotatable bonds is 27. The number of hydrogen-bond acceptors (Lipinski definition) is 24. The third-order valence-electron chi connectivity index (χ3n) is 18.8. The Kier molecular flexibility index (Phi) is 31.3. The summed E-state index contributed by atoms with van der Waals surface area (Å²) in [5.41, 5.74) is 16.3. The van der Waals surface area contributed by atoms with Crippen molar-refractivity contribution in [2.24, 2.45) is 27.1 Å². The van der Waals surface area contributed by atoms with Crippen molar-refractivity contribution in [2.75, 3.05) is 48.3 Å². The number of thiazole rings is 4. The number of nitrogens with two attached hydrogens (primary N) is 1. The van der Waals surface area contributed by atoms with Gasteiger partial charge in [0.2, 0.25) is 35.4 Å². The maximum atomic E-state index is 12.5. The van der Waals surface area contributed by atoms with Crippen LogP contribution in [0.4, 0.5) is 54.4 Å². The number of nitrogen functional groups attached to an aromatic ring is 1. The van der Waals surface area contributed by atoms with Crippen LogP contribution in [0.1, 0.15) is 191 Å². The average molecular weight is 1730 g/mol. The number of carbonyl (C=O) groups is 7. The molecule has 0 spiro atoms. The maximum absolute atomic E-state index is 12.5. The number of H-pyrrole nitrogens is 1. The summed E-state index contributed by atoms with van der Waals surface area (Å²) in [6, 6.07) is 22.7. The van der Waals surface area contributed by atoms with Gasteiger partial charge in [-0.25, -0.2) is 44.7 Å². The molecule has 644 valence electrons. The van der Waals surface area contributed by atoms with Gasteiger partial charge in [0.1, 0.15) is 23.3 Å². The van der Waals surface area contributed by atoms with Gasteiger partial charge in [-0.3, -0.25) is 58.5 Å². The van der Waals surface area contributed by atoms with Gasteiger partial charge >= 0.3 is 6.03 Å². The summed E-state index contributed by atoms with van der Waals surface area (Å²) < 4.78 is 5.30. The molecule has 0 aliphatic heterocycles. The van der Waals surface area contributed by atoms with Gasteiger partial charge in [-0.15, -0.1) is 45.3 Å². The lowest BCUT2D eigenvalue weighted by Gasteiger charge is -2.14. The van der Waals surface area contributed by atoms with E-state index in [0.717, 1.165) is 146 Å². The Balaban J connectivity index is 0.000000171. The van der Waals surface area contributed by atoms with Gasteiger partial charge in [-0.1, -0.05) is 83.1 Å². The van der Waals surface area contributed by atoms with Gasteiger partial charge in [-0.05, 0) is 153 Å². The largest absolute Gasteiger partial charge is 0.384 e. The molecule has 0 unspecified atom stereocenters. The molecule has 12 heterocycles. The van der Waals surface area contributed by atoms with Crippen molar-refractivity contribution < 1.29 is 33.6 Å². The van der Waals surface area contributed by atoms with Crippen LogP contribution in [0.2, 0.25) is 0 Å². The predicted octanol–water partition coefficient (Wildman–Crippen LogP) is 14.4. The third-order valence-corrected chi connectivity index (χ3v) is 22.7. The number of urea groups is 1. The normalized spacial score (nSPS) is 12.0. The van der Waals surface area contributed by atoms with E-state index in [4.69, 9.17) is 5.73 Å². The predicted molar refractivity (Wildman–Crippen MR) is 482 cm³/mol. The van der Waals surface area contributed by atoms with E-state index in [1.54, 1.807) is 57.4 Å². The monoisotopic (exact) mass is 1730 g/mol. The fourth-order valence-corrected chi connectivity index (χ4v) is 15.1. The highest BCUT2D eigenvalue weighted by Crippen LogP contribution is 2.32. The van der Waals surface area contributed by atoms with Gasteiger partial charge in [-0.2, -0.15) is 20.4 Å². The average Bonchev–Trinajstić information content (AvgIpc) is 1.70. The summed E-state index contributed by atoms with van der Waals surface area (Å²) in [5, 5.41) is 45.3. The molecule has 0 aromatic carbocycles. The smallest absolute Gasteiger partial charge is 0.326 e. The van der Waals surface area contributed by atoms with E-state index >= 15 is 0 Å². The molecule has 0 radical (unpaired) electrons. The maximum Gasteiger partial charge on any atom is 0.326 e. The zero-order chi connectivity index (χ0) is 88.2. The molecule has 122 heavy (non-hydrogen) atoms. The highest BCUT2D eigenvalue weighted by molar-refractivity contribution is 7.16. The lowest BCUT2D eigenvalue weighted by Crippen LogP contribution is -2.19. The first kappa shape index (κ1) is 92.1. The van der Waals surface area contributed by atoms with Gasteiger partial charge in [0, 0.05) is 160 Å². The minimum Gasteiger partial charge on any atom is -0.384 e. The summed E-state index contributed by atoms with van der Waals surface area (Å²) in [7, 11) is 5.59. The van der Waals surface area contributed by atoms with Crippen molar-refractivity contribution in [3.05, 3.63) is 204 Å². The summed E-state index contributed by atoms with van der Waals surface area (Å²) in [6.07, 6.45) is 23.0. The molecule has 32 nitrogen and oxygen atoms in total. The standard InChI is InChI=1S/C24H30N6O2S.C22H28N6O2S.C20H25N7O2S.C20H26N6OS/c1-24(2,3)19-12-17(30(4)29-19)13-21(31)28-23-26-14-18(33-23)8-5-15-9-10-25-20(11-15)27-22(32)16-6-7-16;1-14(29)25-19-10-15(8-9-23-19)6-7-17-13-24-21(31-17)26-20(30)12-16-11-18(22(2,3)4)27-28(16)5;1-12(28)23-16-9-13(7-8-21-16)5-6-14-11-22-19(30-14)25-18(29)24-17-10-15(26-27-17)20(2,3)4;1-20(2,3)16-10-14(26(4)25-16)11-18(27)24-19-23-12-15(28-19)6-5-13-7-8-22-17(21)9-13/h9-12,14,16H,5-8,13H2,1-4H3,(H,25,27,32)(H,26,28,31);8-11,13H,6-7,12H2,1-5H3,(H,23,25,29)(H,24,26,30);7-11H,5-6H2,1-4H3,(H,21,23,28)(H3,22,24,25,26,27,29);7-10,12H,5-6,11H2,1-4H3,(H2,21,22)(H,23,24,27). The molecule has 12 aromatic rings. The van der Waals surface area contributed by atoms with Crippen LogP contribution in [-0.2, 0) is 142 Å². The zero-order valence-electron chi connectivity index (χ0n) is 72.1. The van der Waals surface area contributed by atoms with Crippen LogP contribution >= 0.6 is 45.3 Å². The second kappa shape index (κ2) is 41.4.